The van der Waals surface area contributed by atoms with Crippen LogP contribution in [0.2, 0.25) is 0 Å². The molecular weight excluding hydrogens is 566 g/mol. The van der Waals surface area contributed by atoms with Gasteiger partial charge >= 0.3 is 0 Å². The van der Waals surface area contributed by atoms with Crippen LogP contribution in [0.4, 0.5) is 0 Å². The minimum Gasteiger partial charge on any atom is -0.456 e. The number of hydrogen-bond acceptors (Lipinski definition) is 5. The summed E-state index contributed by atoms with van der Waals surface area (Å²) in [6.07, 6.45) is 0. The van der Waals surface area contributed by atoms with Gasteiger partial charge in [0.25, 0.3) is 0 Å². The average Bonchev–Trinajstić information content (AvgIpc) is 3.74. The lowest BCUT2D eigenvalue weighted by Gasteiger charge is -2.11. The molecule has 3 heterocycles. The van der Waals surface area contributed by atoms with Gasteiger partial charge in [-0.05, 0) is 53.6 Å². The Kier molecular flexibility index (Phi) is 6.06. The van der Waals surface area contributed by atoms with Crippen molar-refractivity contribution in [2.24, 2.45) is 0 Å². The number of benzene rings is 6. The van der Waals surface area contributed by atoms with Crippen LogP contribution in [-0.2, 0) is 0 Å². The number of fused-ring (bicyclic) bond motifs is 4. The Hall–Kier alpha value is -6.33. The van der Waals surface area contributed by atoms with Crippen molar-refractivity contribution in [1.29, 1.82) is 0 Å². The van der Waals surface area contributed by atoms with Crippen molar-refractivity contribution >= 4 is 33.0 Å². The molecule has 9 aromatic rings. The molecule has 0 unspecified atom stereocenters. The molecule has 5 heteroatoms. The van der Waals surface area contributed by atoms with Gasteiger partial charge in [-0.25, -0.2) is 15.0 Å². The van der Waals surface area contributed by atoms with Crippen molar-refractivity contribution in [2.75, 3.05) is 0 Å². The molecule has 216 valence electrons. The Labute approximate surface area is 264 Å². The van der Waals surface area contributed by atoms with Crippen molar-refractivity contribution in [2.45, 2.75) is 0 Å². The fourth-order valence-corrected chi connectivity index (χ4v) is 6.08. The maximum absolute atomic E-state index is 6.42. The Balaban J connectivity index is 1.19. The molecule has 0 bridgehead atoms. The van der Waals surface area contributed by atoms with Crippen LogP contribution in [0.5, 0.6) is 0 Å². The van der Waals surface area contributed by atoms with E-state index in [9.17, 15) is 0 Å². The topological polar surface area (TPSA) is 65.0 Å². The quantitative estimate of drug-likeness (QED) is 0.199. The van der Waals surface area contributed by atoms with Gasteiger partial charge in [-0.3, -0.25) is 0 Å². The third kappa shape index (κ3) is 4.54. The zero-order valence-corrected chi connectivity index (χ0v) is 24.6. The molecule has 0 N–H and O–H groups in total. The predicted octanol–water partition coefficient (Wildman–Crippen LogP) is 10.9. The Morgan fingerprint density at radius 3 is 1.85 bits per heavy atom. The molecule has 46 heavy (non-hydrogen) atoms. The molecule has 0 spiro atoms. The molecule has 0 aliphatic rings. The largest absolute Gasteiger partial charge is 0.456 e. The zero-order chi connectivity index (χ0) is 30.5. The first-order chi connectivity index (χ1) is 22.8. The number of hydrogen-bond donors (Lipinski definition) is 0. The first kappa shape index (κ1) is 26.1. The fraction of sp³-hybridized carbons (Fsp3) is 0. The van der Waals surface area contributed by atoms with Crippen LogP contribution in [0.1, 0.15) is 0 Å². The summed E-state index contributed by atoms with van der Waals surface area (Å²) < 4.78 is 12.5. The maximum atomic E-state index is 6.42. The van der Waals surface area contributed by atoms with E-state index in [1.165, 1.54) is 5.56 Å². The van der Waals surface area contributed by atoms with E-state index < -0.39 is 0 Å². The minimum atomic E-state index is 0.565. The van der Waals surface area contributed by atoms with Gasteiger partial charge in [-0.1, -0.05) is 109 Å². The number of furan rings is 1. The smallest absolute Gasteiger partial charge is 0.227 e. The summed E-state index contributed by atoms with van der Waals surface area (Å²) >= 11 is 0. The average molecular weight is 592 g/mol. The van der Waals surface area contributed by atoms with E-state index >= 15 is 0 Å². The zero-order valence-electron chi connectivity index (χ0n) is 24.6. The summed E-state index contributed by atoms with van der Waals surface area (Å²) in [4.78, 5) is 14.8. The van der Waals surface area contributed by atoms with Crippen LogP contribution < -0.4 is 0 Å². The second-order valence-electron chi connectivity index (χ2n) is 11.2. The third-order valence-corrected chi connectivity index (χ3v) is 8.36. The third-order valence-electron chi connectivity index (χ3n) is 8.36. The van der Waals surface area contributed by atoms with Crippen molar-refractivity contribution in [1.82, 2.24) is 15.0 Å². The summed E-state index contributed by atoms with van der Waals surface area (Å²) in [5, 5.41) is 2.00. The maximum Gasteiger partial charge on any atom is 0.227 e. The molecule has 5 nitrogen and oxygen atoms in total. The molecule has 0 fully saturated rings. The lowest BCUT2D eigenvalue weighted by molar-refractivity contribution is 0.619. The van der Waals surface area contributed by atoms with Crippen LogP contribution in [0.15, 0.2) is 160 Å². The van der Waals surface area contributed by atoms with Crippen molar-refractivity contribution < 1.29 is 8.83 Å². The van der Waals surface area contributed by atoms with Crippen LogP contribution in [0.3, 0.4) is 0 Å². The number of rotatable bonds is 5. The molecule has 0 atom stereocenters. The summed E-state index contributed by atoms with van der Waals surface area (Å²) in [5.41, 5.74) is 11.0. The molecule has 0 aliphatic heterocycles. The van der Waals surface area contributed by atoms with Gasteiger partial charge in [0.1, 0.15) is 16.7 Å². The highest BCUT2D eigenvalue weighted by atomic mass is 16.3. The lowest BCUT2D eigenvalue weighted by atomic mass is 9.99. The van der Waals surface area contributed by atoms with Crippen LogP contribution in [0, 0.1) is 0 Å². The van der Waals surface area contributed by atoms with E-state index in [1.807, 2.05) is 84.9 Å². The fourth-order valence-electron chi connectivity index (χ4n) is 6.08. The highest BCUT2D eigenvalue weighted by Gasteiger charge is 2.18. The van der Waals surface area contributed by atoms with Gasteiger partial charge in [0.05, 0.1) is 11.4 Å². The Morgan fingerprint density at radius 2 is 1.04 bits per heavy atom. The van der Waals surface area contributed by atoms with E-state index in [0.717, 1.165) is 72.2 Å². The van der Waals surface area contributed by atoms with Crippen LogP contribution in [0.25, 0.3) is 89.5 Å². The van der Waals surface area contributed by atoms with Gasteiger partial charge in [-0.15, -0.1) is 0 Å². The van der Waals surface area contributed by atoms with E-state index in [1.54, 1.807) is 0 Å². The summed E-state index contributed by atoms with van der Waals surface area (Å²) in [6, 6.07) is 51.2. The van der Waals surface area contributed by atoms with Crippen LogP contribution in [-0.4, -0.2) is 15.0 Å². The predicted molar refractivity (Wildman–Crippen MR) is 184 cm³/mol. The first-order valence-electron chi connectivity index (χ1n) is 15.2. The van der Waals surface area contributed by atoms with E-state index in [-0.39, 0.29) is 0 Å². The number of para-hydroxylation sites is 2. The monoisotopic (exact) mass is 591 g/mol. The molecule has 6 aromatic carbocycles. The van der Waals surface area contributed by atoms with Gasteiger partial charge in [0.15, 0.2) is 11.4 Å². The Bertz CT molecular complexity index is 2480. The SMILES string of the molecule is c1ccc(-c2ccc(-c3cc(-c4cccc5oc6cc(-c7nc8ccccc8o7)ccc6c45)nc(-c4ccccc4)n3)cc2)cc1. The van der Waals surface area contributed by atoms with E-state index in [4.69, 9.17) is 18.8 Å². The summed E-state index contributed by atoms with van der Waals surface area (Å²) in [5.74, 6) is 1.23. The molecule has 0 amide bonds. The van der Waals surface area contributed by atoms with E-state index in [2.05, 4.69) is 71.7 Å². The van der Waals surface area contributed by atoms with Crippen molar-refractivity contribution in [3.63, 3.8) is 0 Å². The second-order valence-corrected chi connectivity index (χ2v) is 11.2. The molecular formula is C41H25N3O2. The van der Waals surface area contributed by atoms with Crippen LogP contribution >= 0.6 is 0 Å². The number of oxazole rings is 1. The van der Waals surface area contributed by atoms with Gasteiger partial charge < -0.3 is 8.83 Å². The Morgan fingerprint density at radius 1 is 0.391 bits per heavy atom. The molecule has 9 rings (SSSR count). The highest BCUT2D eigenvalue weighted by molar-refractivity contribution is 6.12. The van der Waals surface area contributed by atoms with Gasteiger partial charge in [0, 0.05) is 33.0 Å². The molecule has 0 saturated carbocycles. The second kappa shape index (κ2) is 10.7. The van der Waals surface area contributed by atoms with Crippen molar-refractivity contribution in [3.8, 4) is 56.5 Å². The van der Waals surface area contributed by atoms with Crippen molar-refractivity contribution in [3.05, 3.63) is 152 Å². The molecule has 0 radical (unpaired) electrons. The molecule has 0 aliphatic carbocycles. The number of nitrogens with zero attached hydrogens (tertiary/aromatic N) is 3. The summed E-state index contributed by atoms with van der Waals surface area (Å²) in [6.45, 7) is 0. The van der Waals surface area contributed by atoms with Gasteiger partial charge in [-0.2, -0.15) is 0 Å². The summed E-state index contributed by atoms with van der Waals surface area (Å²) in [7, 11) is 0. The normalized spacial score (nSPS) is 11.5. The molecule has 3 aromatic heterocycles. The van der Waals surface area contributed by atoms with Gasteiger partial charge in [0.2, 0.25) is 5.89 Å². The minimum absolute atomic E-state index is 0.565. The highest BCUT2D eigenvalue weighted by Crippen LogP contribution is 2.39. The lowest BCUT2D eigenvalue weighted by Crippen LogP contribution is -1.96. The molecule has 0 saturated heterocycles. The standard InChI is InChI=1S/C41H25N3O2/c1-3-10-26(11-4-1)27-18-20-28(21-19-27)34-25-35(43-40(42-34)29-12-5-2-6-13-29)31-14-9-17-37-39(31)32-23-22-30(24-38(32)45-37)41-44-33-15-7-8-16-36(33)46-41/h1-25H. The van der Waals surface area contributed by atoms with E-state index in [0.29, 0.717) is 11.7 Å². The first-order valence-corrected chi connectivity index (χ1v) is 15.2. The number of aromatic nitrogens is 3.